The van der Waals surface area contributed by atoms with E-state index in [0.29, 0.717) is 17.8 Å². The van der Waals surface area contributed by atoms with Gasteiger partial charge >= 0.3 is 21.3 Å². The molecular formula is C15H20F2O6S. The van der Waals surface area contributed by atoms with Gasteiger partial charge in [-0.1, -0.05) is 0 Å². The first kappa shape index (κ1) is 17.7. The molecule has 4 bridgehead atoms. The number of esters is 1. The summed E-state index contributed by atoms with van der Waals surface area (Å²) in [6, 6.07) is 0. The molecule has 0 aromatic carbocycles. The standard InChI is InChI=1S/C15H20F2O6S/c16-15(17,24(20,21)22)12(18)1-2-23-13(19)14-6-9-3-10(7-14)5-11(4-9)8-14/h9-11H,1-8H2,(H,20,21,22). The van der Waals surface area contributed by atoms with Crippen LogP contribution in [0.25, 0.3) is 0 Å². The summed E-state index contributed by atoms with van der Waals surface area (Å²) in [5.41, 5.74) is -0.566. The molecule has 4 rings (SSSR count). The second kappa shape index (κ2) is 5.72. The number of ether oxygens (including phenoxy) is 1. The van der Waals surface area contributed by atoms with Crippen molar-refractivity contribution in [2.75, 3.05) is 6.61 Å². The highest BCUT2D eigenvalue weighted by Gasteiger charge is 2.56. The highest BCUT2D eigenvalue weighted by molar-refractivity contribution is 7.87. The molecule has 0 atom stereocenters. The third kappa shape index (κ3) is 2.96. The largest absolute Gasteiger partial charge is 0.465 e. The highest BCUT2D eigenvalue weighted by Crippen LogP contribution is 2.60. The van der Waals surface area contributed by atoms with Gasteiger partial charge in [-0.05, 0) is 56.3 Å². The van der Waals surface area contributed by atoms with Crippen molar-refractivity contribution in [3.8, 4) is 0 Å². The minimum absolute atomic E-state index is 0.468. The zero-order chi connectivity index (χ0) is 17.8. The highest BCUT2D eigenvalue weighted by atomic mass is 32.2. The summed E-state index contributed by atoms with van der Waals surface area (Å²) >= 11 is 0. The molecule has 0 radical (unpaired) electrons. The number of carbonyl (C=O) groups is 2. The number of alkyl halides is 2. The van der Waals surface area contributed by atoms with E-state index in [1.54, 1.807) is 0 Å². The van der Waals surface area contributed by atoms with Gasteiger partial charge in [-0.15, -0.1) is 0 Å². The Morgan fingerprint density at radius 1 is 1.08 bits per heavy atom. The Labute approximate surface area is 138 Å². The van der Waals surface area contributed by atoms with Crippen molar-refractivity contribution in [2.24, 2.45) is 23.2 Å². The minimum atomic E-state index is -5.81. The lowest BCUT2D eigenvalue weighted by Crippen LogP contribution is -2.50. The van der Waals surface area contributed by atoms with Gasteiger partial charge in [-0.2, -0.15) is 17.2 Å². The number of Topliss-reactive ketones (excluding diaryl/α,β-unsaturated/α-hetero) is 1. The third-order valence-electron chi connectivity index (χ3n) is 5.68. The monoisotopic (exact) mass is 366 g/mol. The van der Waals surface area contributed by atoms with Crippen LogP contribution in [0.4, 0.5) is 8.78 Å². The summed E-state index contributed by atoms with van der Waals surface area (Å²) in [4.78, 5) is 23.7. The SMILES string of the molecule is O=C(OCCC(=O)C(F)(F)S(=O)(=O)O)C12CC3CC(CC(C3)C1)C2. The fraction of sp³-hybridized carbons (Fsp3) is 0.867. The van der Waals surface area contributed by atoms with Gasteiger partial charge in [0.05, 0.1) is 12.0 Å². The van der Waals surface area contributed by atoms with Crippen molar-refractivity contribution < 1.29 is 36.1 Å². The Bertz CT molecular complexity index is 622. The predicted octanol–water partition coefficient (Wildman–Crippen LogP) is 2.19. The van der Waals surface area contributed by atoms with Crippen molar-refractivity contribution in [2.45, 2.75) is 50.2 Å². The zero-order valence-corrected chi connectivity index (χ0v) is 13.9. The van der Waals surface area contributed by atoms with Crippen LogP contribution in [-0.4, -0.2) is 36.6 Å². The molecule has 6 nitrogen and oxygen atoms in total. The third-order valence-corrected chi connectivity index (χ3v) is 6.56. The topological polar surface area (TPSA) is 97.7 Å². The van der Waals surface area contributed by atoms with Crippen LogP contribution in [0, 0.1) is 23.2 Å². The van der Waals surface area contributed by atoms with E-state index in [0.717, 1.165) is 38.5 Å². The van der Waals surface area contributed by atoms with Crippen LogP contribution in [0.3, 0.4) is 0 Å². The van der Waals surface area contributed by atoms with E-state index in [1.165, 1.54) is 0 Å². The van der Waals surface area contributed by atoms with Crippen LogP contribution in [0.15, 0.2) is 0 Å². The molecule has 4 aliphatic rings. The molecule has 136 valence electrons. The minimum Gasteiger partial charge on any atom is -0.465 e. The lowest BCUT2D eigenvalue weighted by Gasteiger charge is -2.55. The maximum atomic E-state index is 13.1. The van der Waals surface area contributed by atoms with Crippen LogP contribution < -0.4 is 0 Å². The molecule has 0 aromatic rings. The second-order valence-corrected chi connectivity index (χ2v) is 8.96. The van der Waals surface area contributed by atoms with E-state index in [-0.39, 0.29) is 0 Å². The number of ketones is 1. The van der Waals surface area contributed by atoms with Crippen molar-refractivity contribution >= 4 is 21.9 Å². The molecule has 0 aromatic heterocycles. The van der Waals surface area contributed by atoms with Gasteiger partial charge in [0, 0.05) is 6.42 Å². The van der Waals surface area contributed by atoms with Crippen LogP contribution in [-0.2, 0) is 24.4 Å². The van der Waals surface area contributed by atoms with Gasteiger partial charge in [0.2, 0.25) is 5.78 Å². The molecule has 0 unspecified atom stereocenters. The number of halogens is 2. The molecule has 0 amide bonds. The fourth-order valence-corrected chi connectivity index (χ4v) is 5.43. The molecule has 0 heterocycles. The molecule has 0 saturated heterocycles. The van der Waals surface area contributed by atoms with Gasteiger partial charge in [0.1, 0.15) is 0 Å². The average Bonchev–Trinajstić information content (AvgIpc) is 2.44. The molecule has 4 aliphatic carbocycles. The van der Waals surface area contributed by atoms with Gasteiger partial charge in [-0.25, -0.2) is 0 Å². The molecule has 24 heavy (non-hydrogen) atoms. The van der Waals surface area contributed by atoms with Gasteiger partial charge in [0.15, 0.2) is 0 Å². The zero-order valence-electron chi connectivity index (χ0n) is 13.0. The average molecular weight is 366 g/mol. The first-order valence-electron chi connectivity index (χ1n) is 8.09. The predicted molar refractivity (Wildman–Crippen MR) is 77.7 cm³/mol. The van der Waals surface area contributed by atoms with Crippen LogP contribution in [0.5, 0.6) is 0 Å². The van der Waals surface area contributed by atoms with E-state index in [4.69, 9.17) is 9.29 Å². The Morgan fingerprint density at radius 2 is 1.54 bits per heavy atom. The van der Waals surface area contributed by atoms with Crippen molar-refractivity contribution in [1.82, 2.24) is 0 Å². The Morgan fingerprint density at radius 3 is 1.96 bits per heavy atom. The van der Waals surface area contributed by atoms with Gasteiger partial charge in [-0.3, -0.25) is 14.1 Å². The summed E-state index contributed by atoms with van der Waals surface area (Å²) in [6.07, 6.45) is 4.67. The maximum Gasteiger partial charge on any atom is 0.426 e. The Kier molecular flexibility index (Phi) is 4.23. The summed E-state index contributed by atoms with van der Waals surface area (Å²) in [5.74, 6) is -0.925. The summed E-state index contributed by atoms with van der Waals surface area (Å²) in [5, 5.41) is -4.87. The van der Waals surface area contributed by atoms with E-state index >= 15 is 0 Å². The number of carbonyl (C=O) groups excluding carboxylic acids is 2. The van der Waals surface area contributed by atoms with Crippen molar-refractivity contribution in [1.29, 1.82) is 0 Å². The number of rotatable bonds is 6. The quantitative estimate of drug-likeness (QED) is 0.572. The van der Waals surface area contributed by atoms with E-state index in [2.05, 4.69) is 0 Å². The second-order valence-electron chi connectivity index (χ2n) is 7.50. The van der Waals surface area contributed by atoms with Crippen molar-refractivity contribution in [3.63, 3.8) is 0 Å². The number of hydrogen-bond donors (Lipinski definition) is 1. The first-order chi connectivity index (χ1) is 11.0. The first-order valence-corrected chi connectivity index (χ1v) is 9.53. The summed E-state index contributed by atoms with van der Waals surface area (Å²) in [6.45, 7) is -0.607. The normalized spacial score (nSPS) is 35.0. The lowest BCUT2D eigenvalue weighted by atomic mass is 9.49. The van der Waals surface area contributed by atoms with E-state index in [9.17, 15) is 26.8 Å². The van der Waals surface area contributed by atoms with Crippen LogP contribution in [0.2, 0.25) is 0 Å². The Hall–Kier alpha value is -1.09. The molecule has 9 heteroatoms. The molecule has 4 fully saturated rings. The summed E-state index contributed by atoms with van der Waals surface area (Å²) < 4.78 is 60.7. The number of hydrogen-bond acceptors (Lipinski definition) is 5. The van der Waals surface area contributed by atoms with Crippen molar-refractivity contribution in [3.05, 3.63) is 0 Å². The van der Waals surface area contributed by atoms with Crippen LogP contribution in [0.1, 0.15) is 44.9 Å². The van der Waals surface area contributed by atoms with E-state index in [1.807, 2.05) is 0 Å². The lowest BCUT2D eigenvalue weighted by molar-refractivity contribution is -0.172. The molecule has 0 aliphatic heterocycles. The summed E-state index contributed by atoms with van der Waals surface area (Å²) in [7, 11) is -5.81. The molecule has 4 saturated carbocycles. The fourth-order valence-electron chi connectivity index (χ4n) is 5.04. The van der Waals surface area contributed by atoms with Crippen LogP contribution >= 0.6 is 0 Å². The van der Waals surface area contributed by atoms with Gasteiger partial charge < -0.3 is 4.74 Å². The molecule has 1 N–H and O–H groups in total. The smallest absolute Gasteiger partial charge is 0.426 e. The molecule has 0 spiro atoms. The Balaban J connectivity index is 1.56. The molecular weight excluding hydrogens is 346 g/mol. The van der Waals surface area contributed by atoms with Gasteiger partial charge in [0.25, 0.3) is 0 Å². The van der Waals surface area contributed by atoms with E-state index < -0.39 is 45.6 Å². The maximum absolute atomic E-state index is 13.1.